The second-order valence-corrected chi connectivity index (χ2v) is 5.07. The van der Waals surface area contributed by atoms with E-state index in [9.17, 15) is 4.79 Å². The smallest absolute Gasteiger partial charge is 0.333 e. The molecule has 2 rings (SSSR count). The van der Waals surface area contributed by atoms with Crippen LogP contribution in [0.2, 0.25) is 5.02 Å². The Morgan fingerprint density at radius 1 is 1.19 bits per heavy atom. The van der Waals surface area contributed by atoms with Crippen LogP contribution in [0.1, 0.15) is 24.1 Å². The highest BCUT2D eigenvalue weighted by atomic mass is 35.5. The van der Waals surface area contributed by atoms with E-state index in [1.54, 1.807) is 13.0 Å². The van der Waals surface area contributed by atoms with Gasteiger partial charge in [0.15, 0.2) is 6.04 Å². The maximum absolute atomic E-state index is 12.3. The van der Waals surface area contributed by atoms with Gasteiger partial charge in [0.2, 0.25) is 0 Å². The average molecular weight is 304 g/mol. The van der Waals surface area contributed by atoms with Gasteiger partial charge in [0.05, 0.1) is 17.3 Å². The van der Waals surface area contributed by atoms with Gasteiger partial charge in [-0.3, -0.25) is 0 Å². The largest absolute Gasteiger partial charge is 0.464 e. The molecule has 0 aliphatic carbocycles. The highest BCUT2D eigenvalue weighted by molar-refractivity contribution is 6.33. The molecule has 0 aromatic heterocycles. The molecule has 2 aromatic carbocycles. The standard InChI is InChI=1S/C17H18ClNO2/c1-3-21-17(20)16(13-9-5-4-8-12(13)2)19-15-11-7-6-10-14(15)18/h4-11,16,19H,3H2,1-2H3. The third-order valence-electron chi connectivity index (χ3n) is 3.20. The third kappa shape index (κ3) is 3.76. The molecule has 0 amide bonds. The van der Waals surface area contributed by atoms with E-state index < -0.39 is 6.04 Å². The quantitative estimate of drug-likeness (QED) is 0.834. The third-order valence-corrected chi connectivity index (χ3v) is 3.53. The molecule has 0 heterocycles. The molecule has 0 radical (unpaired) electrons. The van der Waals surface area contributed by atoms with Gasteiger partial charge >= 0.3 is 5.97 Å². The molecule has 0 fully saturated rings. The van der Waals surface area contributed by atoms with Crippen LogP contribution in [-0.4, -0.2) is 12.6 Å². The van der Waals surface area contributed by atoms with Crippen molar-refractivity contribution in [3.8, 4) is 0 Å². The number of hydrogen-bond donors (Lipinski definition) is 1. The summed E-state index contributed by atoms with van der Waals surface area (Å²) in [5, 5.41) is 3.75. The van der Waals surface area contributed by atoms with Crippen LogP contribution in [0.25, 0.3) is 0 Å². The van der Waals surface area contributed by atoms with Gasteiger partial charge in [-0.25, -0.2) is 4.79 Å². The van der Waals surface area contributed by atoms with E-state index in [1.807, 2.05) is 49.4 Å². The molecule has 0 aliphatic rings. The molecule has 2 aromatic rings. The Labute approximate surface area is 129 Å². The zero-order valence-corrected chi connectivity index (χ0v) is 12.9. The molecular formula is C17H18ClNO2. The molecule has 1 N–H and O–H groups in total. The van der Waals surface area contributed by atoms with Crippen molar-refractivity contribution in [1.29, 1.82) is 0 Å². The predicted octanol–water partition coefficient (Wildman–Crippen LogP) is 4.36. The Kier molecular flexibility index (Phi) is 5.23. The zero-order chi connectivity index (χ0) is 15.2. The lowest BCUT2D eigenvalue weighted by atomic mass is 10.0. The second-order valence-electron chi connectivity index (χ2n) is 4.67. The molecule has 4 heteroatoms. The fraction of sp³-hybridized carbons (Fsp3) is 0.235. The van der Waals surface area contributed by atoms with E-state index in [2.05, 4.69) is 5.32 Å². The highest BCUT2D eigenvalue weighted by Gasteiger charge is 2.23. The summed E-state index contributed by atoms with van der Waals surface area (Å²) >= 11 is 6.16. The number of carbonyl (C=O) groups is 1. The Balaban J connectivity index is 2.36. The fourth-order valence-electron chi connectivity index (χ4n) is 2.13. The maximum Gasteiger partial charge on any atom is 0.333 e. The Morgan fingerprint density at radius 3 is 2.52 bits per heavy atom. The first-order chi connectivity index (χ1) is 10.1. The fourth-order valence-corrected chi connectivity index (χ4v) is 2.32. The van der Waals surface area contributed by atoms with E-state index in [-0.39, 0.29) is 5.97 Å². The number of benzene rings is 2. The van der Waals surface area contributed by atoms with Gasteiger partial charge in [-0.1, -0.05) is 48.0 Å². The molecule has 110 valence electrons. The number of para-hydroxylation sites is 1. The first-order valence-corrected chi connectivity index (χ1v) is 7.24. The van der Waals surface area contributed by atoms with Crippen LogP contribution < -0.4 is 5.32 Å². The van der Waals surface area contributed by atoms with E-state index in [0.717, 1.165) is 11.1 Å². The lowest BCUT2D eigenvalue weighted by Crippen LogP contribution is -2.24. The molecule has 0 saturated carbocycles. The normalized spacial score (nSPS) is 11.8. The van der Waals surface area contributed by atoms with Crippen LogP contribution in [0, 0.1) is 6.92 Å². The molecule has 0 spiro atoms. The molecule has 21 heavy (non-hydrogen) atoms. The summed E-state index contributed by atoms with van der Waals surface area (Å²) in [6.45, 7) is 4.10. The minimum absolute atomic E-state index is 0.313. The number of hydrogen-bond acceptors (Lipinski definition) is 3. The van der Waals surface area contributed by atoms with Crippen LogP contribution in [0.5, 0.6) is 0 Å². The van der Waals surface area contributed by atoms with E-state index in [4.69, 9.17) is 16.3 Å². The number of nitrogens with one attached hydrogen (secondary N) is 1. The number of aryl methyl sites for hydroxylation is 1. The number of esters is 1. The van der Waals surface area contributed by atoms with E-state index >= 15 is 0 Å². The lowest BCUT2D eigenvalue weighted by molar-refractivity contribution is -0.144. The summed E-state index contributed by atoms with van der Waals surface area (Å²) in [5.74, 6) is -0.313. The van der Waals surface area contributed by atoms with Crippen molar-refractivity contribution in [2.75, 3.05) is 11.9 Å². The van der Waals surface area contributed by atoms with Crippen molar-refractivity contribution in [2.45, 2.75) is 19.9 Å². The minimum Gasteiger partial charge on any atom is -0.464 e. The van der Waals surface area contributed by atoms with Crippen molar-refractivity contribution >= 4 is 23.3 Å². The van der Waals surface area contributed by atoms with Crippen LogP contribution >= 0.6 is 11.6 Å². The number of ether oxygens (including phenoxy) is 1. The summed E-state index contributed by atoms with van der Waals surface area (Å²) in [5.41, 5.74) is 2.62. The molecular weight excluding hydrogens is 286 g/mol. The maximum atomic E-state index is 12.3. The summed E-state index contributed by atoms with van der Waals surface area (Å²) in [7, 11) is 0. The van der Waals surface area contributed by atoms with Crippen molar-refractivity contribution in [3.05, 3.63) is 64.7 Å². The van der Waals surface area contributed by atoms with Gasteiger partial charge in [-0.2, -0.15) is 0 Å². The van der Waals surface area contributed by atoms with Gasteiger partial charge in [0.25, 0.3) is 0 Å². The Hall–Kier alpha value is -2.00. The summed E-state index contributed by atoms with van der Waals surface area (Å²) in [6.07, 6.45) is 0. The van der Waals surface area contributed by atoms with Gasteiger partial charge in [0.1, 0.15) is 0 Å². The molecule has 1 atom stereocenters. The summed E-state index contributed by atoms with van der Waals surface area (Å²) in [4.78, 5) is 12.3. The van der Waals surface area contributed by atoms with Crippen LogP contribution in [-0.2, 0) is 9.53 Å². The molecule has 0 bridgehead atoms. The second kappa shape index (κ2) is 7.14. The highest BCUT2D eigenvalue weighted by Crippen LogP contribution is 2.28. The molecule has 1 unspecified atom stereocenters. The molecule has 3 nitrogen and oxygen atoms in total. The topological polar surface area (TPSA) is 38.3 Å². The number of rotatable bonds is 5. The van der Waals surface area contributed by atoms with Gasteiger partial charge in [0, 0.05) is 0 Å². The van der Waals surface area contributed by atoms with Crippen LogP contribution in [0.15, 0.2) is 48.5 Å². The average Bonchev–Trinajstić information content (AvgIpc) is 2.48. The van der Waals surface area contributed by atoms with Crippen molar-refractivity contribution in [3.63, 3.8) is 0 Å². The van der Waals surface area contributed by atoms with Gasteiger partial charge in [-0.15, -0.1) is 0 Å². The number of halogens is 1. The van der Waals surface area contributed by atoms with E-state index in [0.29, 0.717) is 17.3 Å². The predicted molar refractivity (Wildman–Crippen MR) is 85.6 cm³/mol. The van der Waals surface area contributed by atoms with Crippen molar-refractivity contribution in [2.24, 2.45) is 0 Å². The van der Waals surface area contributed by atoms with Crippen molar-refractivity contribution < 1.29 is 9.53 Å². The first kappa shape index (κ1) is 15.4. The Bertz CT molecular complexity index is 628. The zero-order valence-electron chi connectivity index (χ0n) is 12.1. The number of carbonyl (C=O) groups excluding carboxylic acids is 1. The van der Waals surface area contributed by atoms with Crippen LogP contribution in [0.3, 0.4) is 0 Å². The van der Waals surface area contributed by atoms with E-state index in [1.165, 1.54) is 0 Å². The SMILES string of the molecule is CCOC(=O)C(Nc1ccccc1Cl)c1ccccc1C. The minimum atomic E-state index is -0.578. The van der Waals surface area contributed by atoms with Gasteiger partial charge in [-0.05, 0) is 37.1 Å². The summed E-state index contributed by atoms with van der Waals surface area (Å²) in [6, 6.07) is 14.5. The summed E-state index contributed by atoms with van der Waals surface area (Å²) < 4.78 is 5.18. The molecule has 0 saturated heterocycles. The lowest BCUT2D eigenvalue weighted by Gasteiger charge is -2.21. The van der Waals surface area contributed by atoms with Crippen LogP contribution in [0.4, 0.5) is 5.69 Å². The molecule has 0 aliphatic heterocycles. The number of anilines is 1. The monoisotopic (exact) mass is 303 g/mol. The Morgan fingerprint density at radius 2 is 1.86 bits per heavy atom. The first-order valence-electron chi connectivity index (χ1n) is 6.86. The van der Waals surface area contributed by atoms with Crippen molar-refractivity contribution in [1.82, 2.24) is 0 Å². The van der Waals surface area contributed by atoms with Gasteiger partial charge < -0.3 is 10.1 Å².